The van der Waals surface area contributed by atoms with Crippen molar-refractivity contribution < 1.29 is 17.3 Å². The van der Waals surface area contributed by atoms with Gasteiger partial charge in [-0.2, -0.15) is 0 Å². The first kappa shape index (κ1) is 17.2. The molecule has 0 aliphatic carbocycles. The molecular weight excluding hydrogens is 232 g/mol. The highest BCUT2D eigenvalue weighted by atomic mass is 35.5. The average Bonchev–Trinajstić information content (AvgIpc) is 2.68. The summed E-state index contributed by atoms with van der Waals surface area (Å²) in [6, 6.07) is 0. The van der Waals surface area contributed by atoms with Crippen LogP contribution in [-0.4, -0.2) is 38.3 Å². The van der Waals surface area contributed by atoms with Crippen LogP contribution < -0.4 is 17.3 Å². The minimum atomic E-state index is 0. The van der Waals surface area contributed by atoms with Crippen molar-refractivity contribution in [2.75, 3.05) is 33.4 Å². The van der Waals surface area contributed by atoms with Gasteiger partial charge in [0.2, 0.25) is 0 Å². The molecule has 0 amide bonds. The molecule has 0 spiro atoms. The molecule has 0 bridgehead atoms. The van der Waals surface area contributed by atoms with E-state index in [4.69, 9.17) is 0 Å². The van der Waals surface area contributed by atoms with Crippen molar-refractivity contribution in [2.45, 2.75) is 58.3 Å². The van der Waals surface area contributed by atoms with Crippen molar-refractivity contribution in [2.24, 2.45) is 0 Å². The first-order chi connectivity index (χ1) is 7.83. The van der Waals surface area contributed by atoms with Gasteiger partial charge in [0.25, 0.3) is 0 Å². The monoisotopic (exact) mass is 262 g/mol. The van der Waals surface area contributed by atoms with Crippen LogP contribution in [0, 0.1) is 0 Å². The molecule has 1 N–H and O–H groups in total. The van der Waals surface area contributed by atoms with E-state index >= 15 is 0 Å². The summed E-state index contributed by atoms with van der Waals surface area (Å²) in [6.45, 7) is 7.63. The van der Waals surface area contributed by atoms with Gasteiger partial charge >= 0.3 is 0 Å². The highest BCUT2D eigenvalue weighted by molar-refractivity contribution is 4.50. The van der Waals surface area contributed by atoms with Gasteiger partial charge in [0.15, 0.2) is 0 Å². The van der Waals surface area contributed by atoms with Gasteiger partial charge < -0.3 is 17.3 Å². The first-order valence-electron chi connectivity index (χ1n) is 7.35. The summed E-state index contributed by atoms with van der Waals surface area (Å²) in [7, 11) is 2.24. The highest BCUT2D eigenvalue weighted by Crippen LogP contribution is 2.07. The van der Waals surface area contributed by atoms with Crippen LogP contribution in [0.1, 0.15) is 58.3 Å². The Morgan fingerprint density at radius 2 is 1.53 bits per heavy atom. The molecule has 104 valence electrons. The van der Waals surface area contributed by atoms with E-state index in [1.165, 1.54) is 77.7 Å². The number of nitrogens with zero attached hydrogens (tertiary/aromatic N) is 1. The molecule has 1 rings (SSSR count). The lowest BCUT2D eigenvalue weighted by Crippen LogP contribution is -3.10. The molecule has 2 nitrogen and oxygen atoms in total. The van der Waals surface area contributed by atoms with Gasteiger partial charge in [-0.15, -0.1) is 0 Å². The van der Waals surface area contributed by atoms with E-state index in [1.54, 1.807) is 4.90 Å². The van der Waals surface area contributed by atoms with Gasteiger partial charge in [0.05, 0.1) is 19.6 Å². The van der Waals surface area contributed by atoms with Crippen molar-refractivity contribution in [3.05, 3.63) is 0 Å². The van der Waals surface area contributed by atoms with Gasteiger partial charge in [0.1, 0.15) is 6.67 Å². The molecule has 1 fully saturated rings. The zero-order valence-corrected chi connectivity index (χ0v) is 12.6. The predicted molar refractivity (Wildman–Crippen MR) is 70.8 cm³/mol. The quantitative estimate of drug-likeness (QED) is 0.520. The lowest BCUT2D eigenvalue weighted by molar-refractivity contribution is -0.891. The summed E-state index contributed by atoms with van der Waals surface area (Å²) >= 11 is 0. The Bertz CT molecular complexity index is 164. The van der Waals surface area contributed by atoms with Crippen LogP contribution in [0.15, 0.2) is 0 Å². The van der Waals surface area contributed by atoms with Crippen LogP contribution in [-0.2, 0) is 0 Å². The third-order valence-electron chi connectivity index (χ3n) is 3.72. The lowest BCUT2D eigenvalue weighted by atomic mass is 10.1. The maximum absolute atomic E-state index is 2.44. The van der Waals surface area contributed by atoms with Crippen molar-refractivity contribution in [3.8, 4) is 0 Å². The highest BCUT2D eigenvalue weighted by Gasteiger charge is 2.18. The van der Waals surface area contributed by atoms with Crippen LogP contribution in [0.25, 0.3) is 0 Å². The van der Waals surface area contributed by atoms with Crippen molar-refractivity contribution >= 4 is 0 Å². The van der Waals surface area contributed by atoms with Gasteiger partial charge in [-0.05, 0) is 19.9 Å². The van der Waals surface area contributed by atoms with Gasteiger partial charge in [0, 0.05) is 0 Å². The van der Waals surface area contributed by atoms with Crippen LogP contribution >= 0.6 is 0 Å². The van der Waals surface area contributed by atoms with E-state index in [2.05, 4.69) is 18.9 Å². The molecule has 1 aliphatic heterocycles. The second-order valence-corrected chi connectivity index (χ2v) is 5.46. The molecule has 0 saturated carbocycles. The summed E-state index contributed by atoms with van der Waals surface area (Å²) in [5, 5.41) is 0. The third kappa shape index (κ3) is 8.87. The van der Waals surface area contributed by atoms with E-state index in [0.29, 0.717) is 0 Å². The van der Waals surface area contributed by atoms with E-state index in [-0.39, 0.29) is 12.4 Å². The van der Waals surface area contributed by atoms with Crippen LogP contribution in [0.4, 0.5) is 0 Å². The topological polar surface area (TPSA) is 7.68 Å². The second kappa shape index (κ2) is 11.3. The average molecular weight is 263 g/mol. The zero-order chi connectivity index (χ0) is 11.6. The molecule has 0 aromatic heterocycles. The maximum Gasteiger partial charge on any atom is 0.133 e. The fraction of sp³-hybridized carbons (Fsp3) is 1.00. The van der Waals surface area contributed by atoms with Crippen LogP contribution in [0.2, 0.25) is 0 Å². The van der Waals surface area contributed by atoms with Gasteiger partial charge in [-0.1, -0.05) is 45.4 Å². The summed E-state index contributed by atoms with van der Waals surface area (Å²) < 4.78 is 0. The number of nitrogens with one attached hydrogen (secondary N) is 1. The minimum Gasteiger partial charge on any atom is -1.00 e. The molecular formula is C14H31ClN2. The molecule has 0 aromatic rings. The molecule has 0 aromatic carbocycles. The third-order valence-corrected chi connectivity index (χ3v) is 3.72. The van der Waals surface area contributed by atoms with E-state index in [1.807, 2.05) is 0 Å². The number of likely N-dealkylation sites (N-methyl/N-ethyl adjacent to an activating group) is 1. The number of halogens is 1. The largest absolute Gasteiger partial charge is 1.00 e. The van der Waals surface area contributed by atoms with E-state index in [0.717, 1.165) is 0 Å². The van der Waals surface area contributed by atoms with Gasteiger partial charge in [-0.25, -0.2) is 0 Å². The van der Waals surface area contributed by atoms with Crippen molar-refractivity contribution in [1.29, 1.82) is 0 Å². The summed E-state index contributed by atoms with van der Waals surface area (Å²) in [5.41, 5.74) is 0. The fourth-order valence-corrected chi connectivity index (χ4v) is 2.60. The van der Waals surface area contributed by atoms with Crippen LogP contribution in [0.3, 0.4) is 0 Å². The Kier molecular flexibility index (Phi) is 11.4. The van der Waals surface area contributed by atoms with Crippen molar-refractivity contribution in [3.63, 3.8) is 0 Å². The smallest absolute Gasteiger partial charge is 0.133 e. The Morgan fingerprint density at radius 1 is 0.941 bits per heavy atom. The normalized spacial score (nSPS) is 20.5. The Hall–Kier alpha value is 0.210. The minimum absolute atomic E-state index is 0. The summed E-state index contributed by atoms with van der Waals surface area (Å²) in [4.78, 5) is 4.24. The molecule has 17 heavy (non-hydrogen) atoms. The molecule has 0 radical (unpaired) electrons. The molecule has 1 atom stereocenters. The molecule has 1 saturated heterocycles. The standard InChI is InChI=1S/C14H30N2.ClH/c1-3-4-5-6-7-8-9-10-11-16-13-12-15(2)14-16;/h3-14H2,1-2H3;1H. The maximum atomic E-state index is 2.44. The fourth-order valence-electron chi connectivity index (χ4n) is 2.60. The number of unbranched alkanes of at least 4 members (excludes halogenated alkanes) is 7. The van der Waals surface area contributed by atoms with E-state index in [9.17, 15) is 0 Å². The lowest BCUT2D eigenvalue weighted by Gasteiger charge is -2.12. The van der Waals surface area contributed by atoms with Crippen molar-refractivity contribution in [1.82, 2.24) is 4.90 Å². The van der Waals surface area contributed by atoms with Gasteiger partial charge in [-0.3, -0.25) is 4.90 Å². The number of rotatable bonds is 9. The number of hydrogen-bond acceptors (Lipinski definition) is 1. The Balaban J connectivity index is 0.00000256. The number of quaternary nitrogens is 1. The predicted octanol–water partition coefficient (Wildman–Crippen LogP) is -1.08. The second-order valence-electron chi connectivity index (χ2n) is 5.46. The van der Waals surface area contributed by atoms with Crippen LogP contribution in [0.5, 0.6) is 0 Å². The first-order valence-corrected chi connectivity index (χ1v) is 7.35. The summed E-state index contributed by atoms with van der Waals surface area (Å²) in [6.07, 6.45) is 11.6. The Morgan fingerprint density at radius 3 is 2.06 bits per heavy atom. The molecule has 1 unspecified atom stereocenters. The summed E-state index contributed by atoms with van der Waals surface area (Å²) in [5.74, 6) is 0. The van der Waals surface area contributed by atoms with E-state index < -0.39 is 0 Å². The molecule has 1 aliphatic rings. The molecule has 3 heteroatoms. The number of hydrogen-bond donors (Lipinski definition) is 1. The zero-order valence-electron chi connectivity index (χ0n) is 11.8. The molecule has 1 heterocycles. The Labute approximate surface area is 114 Å². The SMILES string of the molecule is CCCCCCCCCC[NH+]1CCN(C)C1.[Cl-].